The molecule has 7 nitrogen and oxygen atoms in total. The van der Waals surface area contributed by atoms with Crippen molar-refractivity contribution in [3.05, 3.63) is 58.3 Å². The van der Waals surface area contributed by atoms with Gasteiger partial charge in [-0.1, -0.05) is 30.3 Å². The van der Waals surface area contributed by atoms with Crippen molar-refractivity contribution in [2.45, 2.75) is 25.1 Å². The maximum atomic E-state index is 10.5. The van der Waals surface area contributed by atoms with Gasteiger partial charge in [0.05, 0.1) is 30.0 Å². The quantitative estimate of drug-likeness (QED) is 0.597. The van der Waals surface area contributed by atoms with Gasteiger partial charge in [-0.15, -0.1) is 0 Å². The molecule has 7 heteroatoms. The van der Waals surface area contributed by atoms with Crippen molar-refractivity contribution in [3.63, 3.8) is 0 Å². The highest BCUT2D eigenvalue weighted by Crippen LogP contribution is 2.09. The van der Waals surface area contributed by atoms with E-state index in [9.17, 15) is 15.2 Å². The summed E-state index contributed by atoms with van der Waals surface area (Å²) in [4.78, 5) is 9.94. The number of aliphatic hydroxyl groups is 1. The number of nitro groups is 1. The normalized spacial score (nSPS) is 13.9. The Kier molecular flexibility index (Phi) is 4.44. The van der Waals surface area contributed by atoms with Crippen LogP contribution in [0.15, 0.2) is 42.6 Å². The van der Waals surface area contributed by atoms with Gasteiger partial charge in [0.25, 0.3) is 0 Å². The molecule has 0 saturated heterocycles. The SMILES string of the molecule is NC(Cc1ccccc1)C(O)Cn1ccc([N+](=O)[O-])n1. The number of aromatic nitrogens is 2. The van der Waals surface area contributed by atoms with Gasteiger partial charge < -0.3 is 21.0 Å². The minimum absolute atomic E-state index is 0.127. The molecule has 0 aliphatic heterocycles. The molecule has 106 valence electrons. The van der Waals surface area contributed by atoms with Crippen molar-refractivity contribution in [2.75, 3.05) is 0 Å². The number of hydrogen-bond donors (Lipinski definition) is 2. The summed E-state index contributed by atoms with van der Waals surface area (Å²) >= 11 is 0. The summed E-state index contributed by atoms with van der Waals surface area (Å²) in [5.41, 5.74) is 6.97. The molecule has 0 aliphatic rings. The second kappa shape index (κ2) is 6.27. The maximum absolute atomic E-state index is 10.5. The topological polar surface area (TPSA) is 107 Å². The first-order chi connectivity index (χ1) is 9.56. The Bertz CT molecular complexity index is 570. The molecular weight excluding hydrogens is 260 g/mol. The first kappa shape index (κ1) is 14.2. The Balaban J connectivity index is 1.93. The molecule has 0 saturated carbocycles. The van der Waals surface area contributed by atoms with Crippen LogP contribution in [0.3, 0.4) is 0 Å². The van der Waals surface area contributed by atoms with Crippen LogP contribution >= 0.6 is 0 Å². The fourth-order valence-corrected chi connectivity index (χ4v) is 1.90. The molecule has 0 aliphatic carbocycles. The molecule has 1 heterocycles. The Morgan fingerprint density at radius 3 is 2.65 bits per heavy atom. The van der Waals surface area contributed by atoms with Crippen LogP contribution in [0.4, 0.5) is 5.82 Å². The molecule has 0 fully saturated rings. The summed E-state index contributed by atoms with van der Waals surface area (Å²) in [6.07, 6.45) is 1.16. The van der Waals surface area contributed by atoms with Gasteiger partial charge in [0.2, 0.25) is 0 Å². The summed E-state index contributed by atoms with van der Waals surface area (Å²) < 4.78 is 1.33. The van der Waals surface area contributed by atoms with Gasteiger partial charge in [0.1, 0.15) is 0 Å². The maximum Gasteiger partial charge on any atom is 0.389 e. The van der Waals surface area contributed by atoms with Crippen LogP contribution in [-0.2, 0) is 13.0 Å². The van der Waals surface area contributed by atoms with Crippen LogP contribution in [-0.4, -0.2) is 32.0 Å². The van der Waals surface area contributed by atoms with E-state index in [1.54, 1.807) is 0 Å². The lowest BCUT2D eigenvalue weighted by Crippen LogP contribution is -2.39. The average Bonchev–Trinajstić information content (AvgIpc) is 2.88. The van der Waals surface area contributed by atoms with Crippen molar-refractivity contribution in [3.8, 4) is 0 Å². The molecule has 3 N–H and O–H groups in total. The lowest BCUT2D eigenvalue weighted by atomic mass is 10.0. The van der Waals surface area contributed by atoms with Crippen molar-refractivity contribution >= 4 is 5.82 Å². The van der Waals surface area contributed by atoms with Crippen LogP contribution in [0.5, 0.6) is 0 Å². The zero-order valence-corrected chi connectivity index (χ0v) is 10.8. The van der Waals surface area contributed by atoms with Gasteiger partial charge >= 0.3 is 5.82 Å². The molecule has 0 bridgehead atoms. The number of nitrogens with zero attached hydrogens (tertiary/aromatic N) is 3. The number of hydrogen-bond acceptors (Lipinski definition) is 5. The van der Waals surface area contributed by atoms with Crippen molar-refractivity contribution < 1.29 is 10.0 Å². The average molecular weight is 276 g/mol. The highest BCUT2D eigenvalue weighted by Gasteiger charge is 2.19. The lowest BCUT2D eigenvalue weighted by molar-refractivity contribution is -0.389. The number of nitrogens with two attached hydrogens (primary N) is 1. The van der Waals surface area contributed by atoms with Gasteiger partial charge in [0.15, 0.2) is 0 Å². The first-order valence-electron chi connectivity index (χ1n) is 6.21. The van der Waals surface area contributed by atoms with Crippen LogP contribution in [0, 0.1) is 10.1 Å². The second-order valence-corrected chi connectivity index (χ2v) is 4.57. The molecule has 2 aromatic rings. The standard InChI is InChI=1S/C13H16N4O3/c14-11(8-10-4-2-1-3-5-10)12(18)9-16-7-6-13(15-16)17(19)20/h1-7,11-12,18H,8-9,14H2. The van der Waals surface area contributed by atoms with E-state index in [0.29, 0.717) is 6.42 Å². The highest BCUT2D eigenvalue weighted by atomic mass is 16.6. The molecule has 2 unspecified atom stereocenters. The molecule has 1 aromatic heterocycles. The van der Waals surface area contributed by atoms with Crippen LogP contribution in [0.25, 0.3) is 0 Å². The summed E-state index contributed by atoms with van der Waals surface area (Å²) in [5.74, 6) is -0.242. The van der Waals surface area contributed by atoms with E-state index in [1.807, 2.05) is 30.3 Å². The number of aliphatic hydroxyl groups excluding tert-OH is 1. The zero-order chi connectivity index (χ0) is 14.5. The Morgan fingerprint density at radius 2 is 2.05 bits per heavy atom. The molecule has 0 amide bonds. The minimum atomic E-state index is -0.824. The largest absolute Gasteiger partial charge is 0.389 e. The number of benzene rings is 1. The van der Waals surface area contributed by atoms with E-state index in [1.165, 1.54) is 16.9 Å². The minimum Gasteiger partial charge on any atom is -0.389 e. The van der Waals surface area contributed by atoms with Gasteiger partial charge in [-0.05, 0) is 16.9 Å². The molecule has 0 spiro atoms. The summed E-state index contributed by atoms with van der Waals surface area (Å²) in [6, 6.07) is 10.4. The van der Waals surface area contributed by atoms with E-state index in [4.69, 9.17) is 5.73 Å². The molecule has 0 radical (unpaired) electrons. The Hall–Kier alpha value is -2.25. The van der Waals surface area contributed by atoms with Crippen LogP contribution in [0.1, 0.15) is 5.56 Å². The van der Waals surface area contributed by atoms with E-state index < -0.39 is 17.1 Å². The number of rotatable bonds is 6. The molecule has 2 rings (SSSR count). The van der Waals surface area contributed by atoms with E-state index in [2.05, 4.69) is 5.10 Å². The predicted octanol–water partition coefficient (Wildman–Crippen LogP) is 0.722. The molecular formula is C13H16N4O3. The van der Waals surface area contributed by atoms with Crippen molar-refractivity contribution in [1.82, 2.24) is 9.78 Å². The zero-order valence-electron chi connectivity index (χ0n) is 10.8. The Morgan fingerprint density at radius 1 is 1.35 bits per heavy atom. The van der Waals surface area contributed by atoms with Gasteiger partial charge in [-0.25, -0.2) is 0 Å². The summed E-state index contributed by atoms with van der Waals surface area (Å²) in [5, 5.41) is 24.3. The smallest absolute Gasteiger partial charge is 0.389 e. The van der Waals surface area contributed by atoms with Gasteiger partial charge in [-0.3, -0.25) is 0 Å². The Labute approximate surface area is 115 Å². The summed E-state index contributed by atoms with van der Waals surface area (Å²) in [7, 11) is 0. The van der Waals surface area contributed by atoms with Crippen LogP contribution in [0.2, 0.25) is 0 Å². The molecule has 1 aromatic carbocycles. The van der Waals surface area contributed by atoms with Crippen molar-refractivity contribution in [1.29, 1.82) is 0 Å². The second-order valence-electron chi connectivity index (χ2n) is 4.57. The third-order valence-electron chi connectivity index (χ3n) is 3.00. The lowest BCUT2D eigenvalue weighted by Gasteiger charge is -2.17. The van der Waals surface area contributed by atoms with E-state index in [0.717, 1.165) is 5.56 Å². The van der Waals surface area contributed by atoms with Crippen molar-refractivity contribution in [2.24, 2.45) is 5.73 Å². The third kappa shape index (κ3) is 3.62. The fraction of sp³-hybridized carbons (Fsp3) is 0.308. The monoisotopic (exact) mass is 276 g/mol. The van der Waals surface area contributed by atoms with Crippen LogP contribution < -0.4 is 5.73 Å². The highest BCUT2D eigenvalue weighted by molar-refractivity contribution is 5.16. The third-order valence-corrected chi connectivity index (χ3v) is 3.00. The van der Waals surface area contributed by atoms with E-state index in [-0.39, 0.29) is 12.4 Å². The molecule has 20 heavy (non-hydrogen) atoms. The molecule has 2 atom stereocenters. The first-order valence-corrected chi connectivity index (χ1v) is 6.21. The predicted molar refractivity (Wildman–Crippen MR) is 73.0 cm³/mol. The fourth-order valence-electron chi connectivity index (χ4n) is 1.90. The summed E-state index contributed by atoms with van der Waals surface area (Å²) in [6.45, 7) is 0.127. The van der Waals surface area contributed by atoms with Gasteiger partial charge in [-0.2, -0.15) is 4.68 Å². The van der Waals surface area contributed by atoms with E-state index >= 15 is 0 Å². The van der Waals surface area contributed by atoms with Gasteiger partial charge in [0, 0.05) is 6.04 Å².